The van der Waals surface area contributed by atoms with E-state index >= 15 is 0 Å². The minimum absolute atomic E-state index is 0.0963. The summed E-state index contributed by atoms with van der Waals surface area (Å²) in [6.07, 6.45) is 2.87. The molecular weight excluding hydrogens is 324 g/mol. The van der Waals surface area contributed by atoms with Crippen molar-refractivity contribution in [2.45, 2.75) is 26.3 Å². The second kappa shape index (κ2) is 6.75. The molecule has 2 aromatic carbocycles. The van der Waals surface area contributed by atoms with Crippen LogP contribution in [0.25, 0.3) is 11.3 Å². The molecular formula is C21H22N4O. The monoisotopic (exact) mass is 346 g/mol. The molecule has 1 saturated heterocycles. The first-order valence-corrected chi connectivity index (χ1v) is 8.95. The Morgan fingerprint density at radius 3 is 2.65 bits per heavy atom. The molecule has 1 fully saturated rings. The third-order valence-corrected chi connectivity index (χ3v) is 5.16. The Balaban J connectivity index is 1.48. The van der Waals surface area contributed by atoms with Gasteiger partial charge in [0.25, 0.3) is 5.91 Å². The number of benzene rings is 2. The largest absolute Gasteiger partial charge is 0.336 e. The normalized spacial score (nSPS) is 16.8. The zero-order valence-electron chi connectivity index (χ0n) is 15.1. The molecule has 5 nitrogen and oxygen atoms in total. The van der Waals surface area contributed by atoms with Gasteiger partial charge in [0.1, 0.15) is 5.69 Å². The Labute approximate surface area is 153 Å². The Morgan fingerprint density at radius 1 is 1.08 bits per heavy atom. The molecule has 4 rings (SSSR count). The number of aromatic nitrogens is 3. The number of aryl methyl sites for hydroxylation is 2. The summed E-state index contributed by atoms with van der Waals surface area (Å²) in [5, 5.41) is 8.59. The van der Waals surface area contributed by atoms with Gasteiger partial charge < -0.3 is 4.90 Å². The van der Waals surface area contributed by atoms with E-state index in [4.69, 9.17) is 0 Å². The summed E-state index contributed by atoms with van der Waals surface area (Å²) in [7, 11) is 0. The van der Waals surface area contributed by atoms with E-state index < -0.39 is 0 Å². The third kappa shape index (κ3) is 3.12. The lowest BCUT2D eigenvalue weighted by atomic mass is 10.1. The van der Waals surface area contributed by atoms with E-state index in [1.807, 2.05) is 71.2 Å². The van der Waals surface area contributed by atoms with Gasteiger partial charge in [0.15, 0.2) is 0 Å². The van der Waals surface area contributed by atoms with Crippen molar-refractivity contribution in [1.29, 1.82) is 0 Å². The van der Waals surface area contributed by atoms with Crippen molar-refractivity contribution < 1.29 is 4.79 Å². The molecule has 5 heteroatoms. The van der Waals surface area contributed by atoms with Gasteiger partial charge in [-0.3, -0.25) is 4.79 Å². The molecule has 1 aliphatic rings. The maximum atomic E-state index is 12.8. The maximum Gasteiger partial charge on any atom is 0.253 e. The Bertz CT molecular complexity index is 932. The van der Waals surface area contributed by atoms with Crippen molar-refractivity contribution in [3.05, 3.63) is 71.4 Å². The lowest BCUT2D eigenvalue weighted by Gasteiger charge is -2.17. The van der Waals surface area contributed by atoms with Crippen molar-refractivity contribution in [3.8, 4) is 11.3 Å². The van der Waals surface area contributed by atoms with E-state index in [-0.39, 0.29) is 11.9 Å². The minimum atomic E-state index is 0.0963. The topological polar surface area (TPSA) is 51.0 Å². The van der Waals surface area contributed by atoms with Crippen LogP contribution in [0.3, 0.4) is 0 Å². The van der Waals surface area contributed by atoms with Crippen LogP contribution < -0.4 is 0 Å². The minimum Gasteiger partial charge on any atom is -0.336 e. The SMILES string of the molecule is Cc1ccc(C(=O)N2CCC(n3cc(-c4ccccc4)nn3)C2)cc1C. The van der Waals surface area contributed by atoms with Crippen LogP contribution in [-0.4, -0.2) is 38.9 Å². The number of nitrogens with zero attached hydrogens (tertiary/aromatic N) is 4. The highest BCUT2D eigenvalue weighted by Crippen LogP contribution is 2.25. The van der Waals surface area contributed by atoms with Gasteiger partial charge in [0, 0.05) is 24.2 Å². The van der Waals surface area contributed by atoms with E-state index in [1.165, 1.54) is 5.56 Å². The molecule has 26 heavy (non-hydrogen) atoms. The Morgan fingerprint density at radius 2 is 1.88 bits per heavy atom. The fourth-order valence-electron chi connectivity index (χ4n) is 3.40. The second-order valence-electron chi connectivity index (χ2n) is 6.94. The lowest BCUT2D eigenvalue weighted by molar-refractivity contribution is 0.0787. The zero-order valence-corrected chi connectivity index (χ0v) is 15.1. The zero-order chi connectivity index (χ0) is 18.1. The van der Waals surface area contributed by atoms with Gasteiger partial charge in [-0.25, -0.2) is 4.68 Å². The lowest BCUT2D eigenvalue weighted by Crippen LogP contribution is -2.29. The highest BCUT2D eigenvalue weighted by molar-refractivity contribution is 5.94. The summed E-state index contributed by atoms with van der Waals surface area (Å²) in [4.78, 5) is 14.7. The maximum absolute atomic E-state index is 12.8. The molecule has 1 amide bonds. The summed E-state index contributed by atoms with van der Waals surface area (Å²) in [6, 6.07) is 16.1. The Hall–Kier alpha value is -2.95. The number of amides is 1. The van der Waals surface area contributed by atoms with Gasteiger partial charge in [-0.2, -0.15) is 0 Å². The van der Waals surface area contributed by atoms with Gasteiger partial charge >= 0.3 is 0 Å². The summed E-state index contributed by atoms with van der Waals surface area (Å²) < 4.78 is 1.90. The fraction of sp³-hybridized carbons (Fsp3) is 0.286. The van der Waals surface area contributed by atoms with Gasteiger partial charge in [0.05, 0.1) is 12.2 Å². The summed E-state index contributed by atoms with van der Waals surface area (Å²) in [6.45, 7) is 5.52. The molecule has 1 atom stereocenters. The molecule has 0 N–H and O–H groups in total. The number of hydrogen-bond donors (Lipinski definition) is 0. The average Bonchev–Trinajstić information content (AvgIpc) is 3.33. The van der Waals surface area contributed by atoms with Crippen LogP contribution in [0.5, 0.6) is 0 Å². The fourth-order valence-corrected chi connectivity index (χ4v) is 3.40. The number of rotatable bonds is 3. The Kier molecular flexibility index (Phi) is 4.29. The third-order valence-electron chi connectivity index (χ3n) is 5.16. The van der Waals surface area contributed by atoms with Crippen LogP contribution >= 0.6 is 0 Å². The summed E-state index contributed by atoms with van der Waals surface area (Å²) in [5.41, 5.74) is 5.04. The van der Waals surface area contributed by atoms with Crippen LogP contribution in [0.1, 0.15) is 33.9 Å². The van der Waals surface area contributed by atoms with Crippen molar-refractivity contribution in [3.63, 3.8) is 0 Å². The highest BCUT2D eigenvalue weighted by atomic mass is 16.2. The highest BCUT2D eigenvalue weighted by Gasteiger charge is 2.29. The molecule has 0 aliphatic carbocycles. The van der Waals surface area contributed by atoms with Crippen molar-refractivity contribution in [2.24, 2.45) is 0 Å². The first-order valence-electron chi connectivity index (χ1n) is 8.95. The molecule has 0 spiro atoms. The van der Waals surface area contributed by atoms with Gasteiger partial charge in [0.2, 0.25) is 0 Å². The van der Waals surface area contributed by atoms with Crippen LogP contribution in [0, 0.1) is 13.8 Å². The number of carbonyl (C=O) groups is 1. The first kappa shape index (κ1) is 16.5. The standard InChI is InChI=1S/C21H22N4O/c1-15-8-9-18(12-16(15)2)21(26)24-11-10-19(13-24)25-14-20(22-23-25)17-6-4-3-5-7-17/h3-9,12,14,19H,10-11,13H2,1-2H3. The molecule has 0 radical (unpaired) electrons. The molecule has 3 aromatic rings. The molecule has 1 aromatic heterocycles. The van der Waals surface area contributed by atoms with E-state index in [0.29, 0.717) is 6.54 Å². The van der Waals surface area contributed by atoms with E-state index in [1.54, 1.807) is 0 Å². The second-order valence-corrected chi connectivity index (χ2v) is 6.94. The van der Waals surface area contributed by atoms with Crippen LogP contribution in [-0.2, 0) is 0 Å². The predicted molar refractivity (Wildman–Crippen MR) is 101 cm³/mol. The van der Waals surface area contributed by atoms with Crippen LogP contribution in [0.15, 0.2) is 54.7 Å². The average molecular weight is 346 g/mol. The van der Waals surface area contributed by atoms with Gasteiger partial charge in [-0.15, -0.1) is 5.10 Å². The molecule has 2 heterocycles. The van der Waals surface area contributed by atoms with Crippen molar-refractivity contribution >= 4 is 5.91 Å². The summed E-state index contributed by atoms with van der Waals surface area (Å²) >= 11 is 0. The first-order chi connectivity index (χ1) is 12.6. The quantitative estimate of drug-likeness (QED) is 0.727. The predicted octanol–water partition coefficient (Wildman–Crippen LogP) is 3.65. The number of hydrogen-bond acceptors (Lipinski definition) is 3. The van der Waals surface area contributed by atoms with Gasteiger partial charge in [-0.05, 0) is 43.5 Å². The van der Waals surface area contributed by atoms with E-state index in [0.717, 1.165) is 35.3 Å². The van der Waals surface area contributed by atoms with E-state index in [2.05, 4.69) is 17.2 Å². The molecule has 132 valence electrons. The summed E-state index contributed by atoms with van der Waals surface area (Å²) in [5.74, 6) is 0.0963. The van der Waals surface area contributed by atoms with Crippen molar-refractivity contribution in [1.82, 2.24) is 19.9 Å². The number of likely N-dealkylation sites (tertiary alicyclic amines) is 1. The molecule has 1 aliphatic heterocycles. The van der Waals surface area contributed by atoms with E-state index in [9.17, 15) is 4.79 Å². The van der Waals surface area contributed by atoms with Crippen LogP contribution in [0.2, 0.25) is 0 Å². The van der Waals surface area contributed by atoms with Crippen molar-refractivity contribution in [2.75, 3.05) is 13.1 Å². The number of carbonyl (C=O) groups excluding carboxylic acids is 1. The molecule has 0 bridgehead atoms. The van der Waals surface area contributed by atoms with Gasteiger partial charge in [-0.1, -0.05) is 41.6 Å². The van der Waals surface area contributed by atoms with Crippen LogP contribution in [0.4, 0.5) is 0 Å². The molecule has 0 saturated carbocycles. The smallest absolute Gasteiger partial charge is 0.253 e. The molecule has 1 unspecified atom stereocenters.